The molecular formula is C23H23Cl2NO5S. The summed E-state index contributed by atoms with van der Waals surface area (Å²) in [7, 11) is -2.65. The zero-order valence-corrected chi connectivity index (χ0v) is 20.0. The highest BCUT2D eigenvalue weighted by atomic mass is 35.5. The molecule has 0 N–H and O–H groups in total. The van der Waals surface area contributed by atoms with Crippen LogP contribution in [0.4, 0.5) is 5.69 Å². The summed E-state index contributed by atoms with van der Waals surface area (Å²) in [5, 5.41) is 1.73. The fourth-order valence-corrected chi connectivity index (χ4v) is 5.34. The first-order chi connectivity index (χ1) is 15.3. The van der Waals surface area contributed by atoms with Crippen LogP contribution in [0.25, 0.3) is 10.8 Å². The Hall–Kier alpha value is -2.48. The number of benzene rings is 3. The zero-order chi connectivity index (χ0) is 23.3. The largest absolute Gasteiger partial charge is 0.497 e. The van der Waals surface area contributed by atoms with E-state index in [1.54, 1.807) is 37.4 Å². The topological polar surface area (TPSA) is 72.9 Å². The van der Waals surface area contributed by atoms with Crippen molar-refractivity contribution in [2.75, 3.05) is 24.6 Å². The first kappa shape index (κ1) is 24.2. The molecule has 3 rings (SSSR count). The number of halogens is 2. The lowest BCUT2D eigenvalue weighted by atomic mass is 10.1. The predicted octanol–water partition coefficient (Wildman–Crippen LogP) is 5.69. The first-order valence-corrected chi connectivity index (χ1v) is 12.2. The van der Waals surface area contributed by atoms with Crippen molar-refractivity contribution in [3.8, 4) is 5.75 Å². The lowest BCUT2D eigenvalue weighted by molar-refractivity contribution is -0.141. The molecular weight excluding hydrogens is 473 g/mol. The first-order valence-electron chi connectivity index (χ1n) is 9.97. The van der Waals surface area contributed by atoms with Crippen molar-refractivity contribution in [2.24, 2.45) is 0 Å². The molecule has 0 fully saturated rings. The molecule has 0 spiro atoms. The van der Waals surface area contributed by atoms with Gasteiger partial charge in [-0.25, -0.2) is 8.42 Å². The van der Waals surface area contributed by atoms with Gasteiger partial charge in [0.1, 0.15) is 12.3 Å². The number of nitrogens with zero attached hydrogens (tertiary/aromatic N) is 1. The number of esters is 1. The minimum absolute atomic E-state index is 0.123. The van der Waals surface area contributed by atoms with E-state index in [0.717, 1.165) is 16.1 Å². The van der Waals surface area contributed by atoms with Crippen LogP contribution in [0.2, 0.25) is 10.0 Å². The molecule has 0 saturated carbocycles. The molecule has 0 heterocycles. The van der Waals surface area contributed by atoms with Gasteiger partial charge in [-0.2, -0.15) is 0 Å². The van der Waals surface area contributed by atoms with E-state index in [4.69, 9.17) is 32.7 Å². The van der Waals surface area contributed by atoms with Crippen molar-refractivity contribution in [1.29, 1.82) is 0 Å². The number of carbonyl (C=O) groups excluding carboxylic acids is 1. The van der Waals surface area contributed by atoms with E-state index in [9.17, 15) is 13.2 Å². The Morgan fingerprint density at radius 2 is 1.75 bits per heavy atom. The number of ether oxygens (including phenoxy) is 2. The fourth-order valence-electron chi connectivity index (χ4n) is 3.19. The van der Waals surface area contributed by atoms with Crippen LogP contribution >= 0.6 is 23.2 Å². The number of anilines is 1. The molecule has 0 atom stereocenters. The smallest absolute Gasteiger partial charge is 0.326 e. The van der Waals surface area contributed by atoms with Gasteiger partial charge in [-0.3, -0.25) is 9.10 Å². The van der Waals surface area contributed by atoms with Crippen LogP contribution in [0.1, 0.15) is 19.8 Å². The van der Waals surface area contributed by atoms with E-state index < -0.39 is 22.5 Å². The van der Waals surface area contributed by atoms with E-state index in [2.05, 4.69) is 0 Å². The van der Waals surface area contributed by atoms with Crippen LogP contribution in [-0.2, 0) is 19.6 Å². The highest BCUT2D eigenvalue weighted by Crippen LogP contribution is 2.34. The summed E-state index contributed by atoms with van der Waals surface area (Å²) in [4.78, 5) is 12.4. The van der Waals surface area contributed by atoms with Crippen molar-refractivity contribution in [2.45, 2.75) is 24.7 Å². The third-order valence-corrected chi connectivity index (χ3v) is 6.96. The number of unbranched alkanes of at least 4 members (excludes halogenated alkanes) is 1. The average Bonchev–Trinajstić information content (AvgIpc) is 2.76. The van der Waals surface area contributed by atoms with Crippen molar-refractivity contribution in [3.63, 3.8) is 0 Å². The summed E-state index contributed by atoms with van der Waals surface area (Å²) >= 11 is 12.1. The zero-order valence-electron chi connectivity index (χ0n) is 17.7. The monoisotopic (exact) mass is 495 g/mol. The van der Waals surface area contributed by atoms with Crippen LogP contribution < -0.4 is 9.04 Å². The maximum absolute atomic E-state index is 13.6. The van der Waals surface area contributed by atoms with Gasteiger partial charge in [0.15, 0.2) is 0 Å². The number of fused-ring (bicyclic) bond motifs is 1. The van der Waals surface area contributed by atoms with Crippen LogP contribution in [0.15, 0.2) is 59.5 Å². The Labute approximate surface area is 197 Å². The number of carbonyl (C=O) groups is 1. The second-order valence-corrected chi connectivity index (χ2v) is 9.79. The SMILES string of the molecule is CCCCOC(=O)CN(c1cccc2cc(OC)ccc12)S(=O)(=O)c1cc(Cl)cc(Cl)c1. The van der Waals surface area contributed by atoms with Gasteiger partial charge in [-0.05, 0) is 54.3 Å². The maximum Gasteiger partial charge on any atom is 0.326 e. The van der Waals surface area contributed by atoms with Gasteiger partial charge in [0, 0.05) is 15.4 Å². The molecule has 0 saturated heterocycles. The van der Waals surface area contributed by atoms with Gasteiger partial charge in [0.2, 0.25) is 0 Å². The second kappa shape index (κ2) is 10.4. The van der Waals surface area contributed by atoms with Gasteiger partial charge < -0.3 is 9.47 Å². The van der Waals surface area contributed by atoms with Gasteiger partial charge >= 0.3 is 5.97 Å². The number of hydrogen-bond donors (Lipinski definition) is 0. The third-order valence-electron chi connectivity index (χ3n) is 4.79. The van der Waals surface area contributed by atoms with Crippen molar-refractivity contribution in [1.82, 2.24) is 0 Å². The average molecular weight is 496 g/mol. The van der Waals surface area contributed by atoms with Crippen LogP contribution in [0, 0.1) is 0 Å². The summed E-state index contributed by atoms with van der Waals surface area (Å²) in [5.41, 5.74) is 0.327. The fraction of sp³-hybridized carbons (Fsp3) is 0.261. The standard InChI is InChI=1S/C23H23Cl2NO5S/c1-3-4-10-31-23(27)15-26(32(28,29)20-13-17(24)12-18(25)14-20)22-7-5-6-16-11-19(30-2)8-9-21(16)22/h5-9,11-14H,3-4,10,15H2,1-2H3. The summed E-state index contributed by atoms with van der Waals surface area (Å²) in [6.45, 7) is 1.69. The summed E-state index contributed by atoms with van der Waals surface area (Å²) in [5.74, 6) is -0.0229. The molecule has 0 aromatic heterocycles. The molecule has 170 valence electrons. The molecule has 0 aliphatic carbocycles. The molecule has 0 amide bonds. The van der Waals surface area contributed by atoms with Crippen LogP contribution in [-0.4, -0.2) is 34.6 Å². The molecule has 3 aromatic rings. The second-order valence-electron chi connectivity index (χ2n) is 7.06. The van der Waals surface area contributed by atoms with E-state index in [0.29, 0.717) is 23.2 Å². The normalized spacial score (nSPS) is 11.4. The third kappa shape index (κ3) is 5.46. The van der Waals surface area contributed by atoms with Crippen molar-refractivity contribution in [3.05, 3.63) is 64.6 Å². The van der Waals surface area contributed by atoms with Gasteiger partial charge in [0.25, 0.3) is 10.0 Å². The van der Waals surface area contributed by atoms with Crippen LogP contribution in [0.5, 0.6) is 5.75 Å². The lowest BCUT2D eigenvalue weighted by Crippen LogP contribution is -2.37. The van der Waals surface area contributed by atoms with Crippen molar-refractivity contribution >= 4 is 55.7 Å². The molecule has 0 bridgehead atoms. The van der Waals surface area contributed by atoms with E-state index in [1.165, 1.54) is 18.2 Å². The Morgan fingerprint density at radius 1 is 1.03 bits per heavy atom. The quantitative estimate of drug-likeness (QED) is 0.281. The Bertz CT molecular complexity index is 1210. The van der Waals surface area contributed by atoms with E-state index >= 15 is 0 Å². The van der Waals surface area contributed by atoms with Gasteiger partial charge in [0.05, 0.1) is 24.3 Å². The Balaban J connectivity index is 2.13. The molecule has 0 aliphatic rings. The Morgan fingerprint density at radius 3 is 2.41 bits per heavy atom. The number of hydrogen-bond acceptors (Lipinski definition) is 5. The van der Waals surface area contributed by atoms with E-state index in [-0.39, 0.29) is 21.5 Å². The van der Waals surface area contributed by atoms with Gasteiger partial charge in [-0.15, -0.1) is 0 Å². The van der Waals surface area contributed by atoms with Gasteiger partial charge in [-0.1, -0.05) is 48.7 Å². The van der Waals surface area contributed by atoms with Crippen molar-refractivity contribution < 1.29 is 22.7 Å². The summed E-state index contributed by atoms with van der Waals surface area (Å²) < 4.78 is 38.8. The Kier molecular flexibility index (Phi) is 7.87. The maximum atomic E-state index is 13.6. The highest BCUT2D eigenvalue weighted by molar-refractivity contribution is 7.92. The molecule has 0 radical (unpaired) electrons. The summed E-state index contributed by atoms with van der Waals surface area (Å²) in [6, 6.07) is 14.5. The van der Waals surface area contributed by atoms with Crippen LogP contribution in [0.3, 0.4) is 0 Å². The number of methoxy groups -OCH3 is 1. The highest BCUT2D eigenvalue weighted by Gasteiger charge is 2.29. The molecule has 3 aromatic carbocycles. The minimum atomic E-state index is -4.20. The molecule has 6 nitrogen and oxygen atoms in total. The molecule has 0 unspecified atom stereocenters. The molecule has 9 heteroatoms. The lowest BCUT2D eigenvalue weighted by Gasteiger charge is -2.25. The van der Waals surface area contributed by atoms with E-state index in [1.807, 2.05) is 13.0 Å². The number of sulfonamides is 1. The molecule has 0 aliphatic heterocycles. The minimum Gasteiger partial charge on any atom is -0.497 e. The predicted molar refractivity (Wildman–Crippen MR) is 127 cm³/mol. The number of rotatable bonds is 9. The molecule has 32 heavy (non-hydrogen) atoms. The summed E-state index contributed by atoms with van der Waals surface area (Å²) in [6.07, 6.45) is 1.54.